The van der Waals surface area contributed by atoms with Crippen molar-refractivity contribution < 1.29 is 12.8 Å². The van der Waals surface area contributed by atoms with E-state index >= 15 is 0 Å². The zero-order valence-corrected chi connectivity index (χ0v) is 13.4. The minimum Gasteiger partial charge on any atom is -0.399 e. The average Bonchev–Trinajstić information content (AvgIpc) is 2.31. The molecule has 7 heteroatoms. The van der Waals surface area contributed by atoms with E-state index in [0.717, 1.165) is 25.3 Å². The SMILES string of the molecule is Cc1cc(N)cc(S(=O)(=O)NCC2(N(C)C)CCC2)c1F. The van der Waals surface area contributed by atoms with E-state index in [2.05, 4.69) is 4.72 Å². The summed E-state index contributed by atoms with van der Waals surface area (Å²) in [7, 11) is -0.0520. The molecule has 1 aliphatic rings. The lowest BCUT2D eigenvalue weighted by Gasteiger charge is -2.47. The predicted octanol–water partition coefficient (Wildman–Crippen LogP) is 1.48. The van der Waals surface area contributed by atoms with Gasteiger partial charge < -0.3 is 10.6 Å². The van der Waals surface area contributed by atoms with E-state index in [1.54, 1.807) is 0 Å². The highest BCUT2D eigenvalue weighted by molar-refractivity contribution is 7.89. The van der Waals surface area contributed by atoms with Crippen molar-refractivity contribution in [2.75, 3.05) is 26.4 Å². The van der Waals surface area contributed by atoms with Crippen LogP contribution in [-0.4, -0.2) is 39.5 Å². The van der Waals surface area contributed by atoms with Gasteiger partial charge in [-0.05, 0) is 58.0 Å². The summed E-state index contributed by atoms with van der Waals surface area (Å²) in [5, 5.41) is 0. The maximum Gasteiger partial charge on any atom is 0.243 e. The third-order valence-corrected chi connectivity index (χ3v) is 5.76. The number of nitrogens with one attached hydrogen (secondary N) is 1. The molecule has 1 aromatic rings. The number of nitrogen functional groups attached to an aromatic ring is 1. The van der Waals surface area contributed by atoms with Crippen molar-refractivity contribution in [3.63, 3.8) is 0 Å². The Kier molecular flexibility index (Phi) is 4.28. The second kappa shape index (κ2) is 5.55. The van der Waals surface area contributed by atoms with Crippen molar-refractivity contribution in [2.45, 2.75) is 36.6 Å². The van der Waals surface area contributed by atoms with E-state index in [1.165, 1.54) is 13.0 Å². The zero-order chi connectivity index (χ0) is 15.8. The molecule has 0 aliphatic heterocycles. The van der Waals surface area contributed by atoms with E-state index in [9.17, 15) is 12.8 Å². The minimum absolute atomic E-state index is 0.168. The normalized spacial score (nSPS) is 17.8. The molecule has 0 spiro atoms. The van der Waals surface area contributed by atoms with E-state index in [4.69, 9.17) is 5.73 Å². The number of benzene rings is 1. The number of hydrogen-bond donors (Lipinski definition) is 2. The smallest absolute Gasteiger partial charge is 0.243 e. The van der Waals surface area contributed by atoms with Crippen molar-refractivity contribution in [1.29, 1.82) is 0 Å². The fourth-order valence-electron chi connectivity index (χ4n) is 2.63. The molecule has 0 amide bonds. The lowest BCUT2D eigenvalue weighted by molar-refractivity contribution is 0.0656. The van der Waals surface area contributed by atoms with E-state index in [1.807, 2.05) is 19.0 Å². The van der Waals surface area contributed by atoms with Crippen LogP contribution in [0.25, 0.3) is 0 Å². The van der Waals surface area contributed by atoms with Crippen LogP contribution in [0.5, 0.6) is 0 Å². The molecule has 0 saturated heterocycles. The molecule has 1 aliphatic carbocycles. The monoisotopic (exact) mass is 315 g/mol. The average molecular weight is 315 g/mol. The van der Waals surface area contributed by atoms with Crippen LogP contribution in [0.2, 0.25) is 0 Å². The molecule has 2 rings (SSSR count). The van der Waals surface area contributed by atoms with Gasteiger partial charge in [0.2, 0.25) is 10.0 Å². The topological polar surface area (TPSA) is 75.4 Å². The van der Waals surface area contributed by atoms with Gasteiger partial charge in [0.1, 0.15) is 10.7 Å². The molecule has 5 nitrogen and oxygen atoms in total. The van der Waals surface area contributed by atoms with Gasteiger partial charge in [-0.2, -0.15) is 0 Å². The van der Waals surface area contributed by atoms with Crippen LogP contribution in [0.4, 0.5) is 10.1 Å². The van der Waals surface area contributed by atoms with Crippen LogP contribution in [-0.2, 0) is 10.0 Å². The van der Waals surface area contributed by atoms with Gasteiger partial charge in [0.15, 0.2) is 0 Å². The summed E-state index contributed by atoms with van der Waals surface area (Å²) in [6, 6.07) is 2.58. The molecule has 0 radical (unpaired) electrons. The van der Waals surface area contributed by atoms with Gasteiger partial charge in [-0.1, -0.05) is 0 Å². The van der Waals surface area contributed by atoms with Gasteiger partial charge >= 0.3 is 0 Å². The summed E-state index contributed by atoms with van der Waals surface area (Å²) in [4.78, 5) is 1.65. The summed E-state index contributed by atoms with van der Waals surface area (Å²) < 4.78 is 41.3. The number of sulfonamides is 1. The van der Waals surface area contributed by atoms with Crippen molar-refractivity contribution in [3.05, 3.63) is 23.5 Å². The lowest BCUT2D eigenvalue weighted by atomic mass is 9.76. The molecule has 1 fully saturated rings. The Balaban J connectivity index is 2.24. The molecule has 0 heterocycles. The number of rotatable bonds is 5. The highest BCUT2D eigenvalue weighted by atomic mass is 32.2. The Morgan fingerprint density at radius 2 is 2.00 bits per heavy atom. The van der Waals surface area contributed by atoms with Crippen molar-refractivity contribution in [1.82, 2.24) is 9.62 Å². The minimum atomic E-state index is -3.91. The first-order valence-electron chi connectivity index (χ1n) is 6.91. The van der Waals surface area contributed by atoms with Crippen LogP contribution in [0.3, 0.4) is 0 Å². The number of likely N-dealkylation sites (N-methyl/N-ethyl adjacent to an activating group) is 1. The van der Waals surface area contributed by atoms with Gasteiger partial charge in [0.25, 0.3) is 0 Å². The number of hydrogen-bond acceptors (Lipinski definition) is 4. The van der Waals surface area contributed by atoms with Crippen molar-refractivity contribution in [3.8, 4) is 0 Å². The van der Waals surface area contributed by atoms with Gasteiger partial charge in [-0.15, -0.1) is 0 Å². The van der Waals surface area contributed by atoms with Crippen molar-refractivity contribution in [2.24, 2.45) is 0 Å². The Morgan fingerprint density at radius 1 is 1.38 bits per heavy atom. The van der Waals surface area contributed by atoms with Crippen LogP contribution in [0.1, 0.15) is 24.8 Å². The van der Waals surface area contributed by atoms with Crippen molar-refractivity contribution >= 4 is 15.7 Å². The fraction of sp³-hybridized carbons (Fsp3) is 0.571. The van der Waals surface area contributed by atoms with Crippen LogP contribution in [0, 0.1) is 12.7 Å². The molecule has 0 bridgehead atoms. The first kappa shape index (κ1) is 16.2. The summed E-state index contributed by atoms with van der Waals surface area (Å²) in [6.45, 7) is 1.77. The summed E-state index contributed by atoms with van der Waals surface area (Å²) in [5.74, 6) is -0.746. The molecule has 0 unspecified atom stereocenters. The van der Waals surface area contributed by atoms with E-state index in [0.29, 0.717) is 0 Å². The number of nitrogens with zero attached hydrogens (tertiary/aromatic N) is 1. The maximum absolute atomic E-state index is 14.1. The zero-order valence-electron chi connectivity index (χ0n) is 12.6. The highest BCUT2D eigenvalue weighted by Crippen LogP contribution is 2.35. The Morgan fingerprint density at radius 3 is 2.48 bits per heavy atom. The van der Waals surface area contributed by atoms with E-state index in [-0.39, 0.29) is 28.2 Å². The quantitative estimate of drug-likeness (QED) is 0.807. The Hall–Kier alpha value is -1.18. The van der Waals surface area contributed by atoms with E-state index < -0.39 is 15.8 Å². The third-order valence-electron chi connectivity index (χ3n) is 4.36. The molecule has 1 aromatic carbocycles. The Labute approximate surface area is 125 Å². The number of halogens is 1. The largest absolute Gasteiger partial charge is 0.399 e. The van der Waals surface area contributed by atoms with Gasteiger partial charge in [0.05, 0.1) is 0 Å². The maximum atomic E-state index is 14.1. The molecular weight excluding hydrogens is 293 g/mol. The summed E-state index contributed by atoms with van der Waals surface area (Å²) in [5.41, 5.74) is 5.92. The number of nitrogens with two attached hydrogens (primary N) is 1. The fourth-order valence-corrected chi connectivity index (χ4v) is 3.94. The summed E-state index contributed by atoms with van der Waals surface area (Å²) in [6.07, 6.45) is 2.94. The molecule has 1 saturated carbocycles. The predicted molar refractivity (Wildman–Crippen MR) is 81.0 cm³/mol. The second-order valence-electron chi connectivity index (χ2n) is 5.95. The first-order chi connectivity index (χ1) is 9.68. The van der Waals surface area contributed by atoms with Gasteiger partial charge in [-0.3, -0.25) is 0 Å². The highest BCUT2D eigenvalue weighted by Gasteiger charge is 2.40. The van der Waals surface area contributed by atoms with Crippen LogP contribution >= 0.6 is 0 Å². The molecule has 3 N–H and O–H groups in total. The Bertz CT molecular complexity index is 640. The first-order valence-corrected chi connectivity index (χ1v) is 8.39. The second-order valence-corrected chi connectivity index (χ2v) is 7.68. The molecule has 118 valence electrons. The molecule has 0 atom stereocenters. The van der Waals surface area contributed by atoms with Gasteiger partial charge in [-0.25, -0.2) is 17.5 Å². The van der Waals surface area contributed by atoms with Crippen LogP contribution < -0.4 is 10.5 Å². The standard InChI is InChI=1S/C14H22FN3O2S/c1-10-7-11(16)8-12(13(10)15)21(19,20)17-9-14(18(2)3)5-4-6-14/h7-8,17H,4-6,9,16H2,1-3H3. The summed E-state index contributed by atoms with van der Waals surface area (Å²) >= 11 is 0. The number of aryl methyl sites for hydroxylation is 1. The molecule has 21 heavy (non-hydrogen) atoms. The third kappa shape index (κ3) is 3.04. The van der Waals surface area contributed by atoms with Crippen LogP contribution in [0.15, 0.2) is 17.0 Å². The molecular formula is C14H22FN3O2S. The van der Waals surface area contributed by atoms with Gasteiger partial charge in [0, 0.05) is 17.8 Å². The number of anilines is 1. The lowest BCUT2D eigenvalue weighted by Crippen LogP contribution is -2.57. The molecule has 0 aromatic heterocycles.